The number of carbonyl (C=O) groups excluding carboxylic acids is 1. The number of hydrogen-bond acceptors (Lipinski definition) is 3. The van der Waals surface area contributed by atoms with Gasteiger partial charge >= 0.3 is 6.61 Å². The number of aromatic nitrogens is 2. The maximum atomic E-state index is 12.3. The van der Waals surface area contributed by atoms with Crippen molar-refractivity contribution in [3.63, 3.8) is 0 Å². The van der Waals surface area contributed by atoms with Crippen LogP contribution < -0.4 is 10.1 Å². The average Bonchev–Trinajstić information content (AvgIpc) is 2.96. The van der Waals surface area contributed by atoms with E-state index in [1.165, 1.54) is 24.3 Å². The SMILES string of the molecule is O=C(Nc1nn(Cc2ccc(Cl)cc2)cc1Br)c1ccc(OC(F)F)cc1. The second kappa shape index (κ2) is 8.49. The van der Waals surface area contributed by atoms with Gasteiger partial charge in [0.05, 0.1) is 11.0 Å². The van der Waals surface area contributed by atoms with E-state index in [0.29, 0.717) is 21.9 Å². The van der Waals surface area contributed by atoms with E-state index < -0.39 is 12.5 Å². The molecule has 27 heavy (non-hydrogen) atoms. The van der Waals surface area contributed by atoms with Crippen molar-refractivity contribution in [2.75, 3.05) is 5.32 Å². The van der Waals surface area contributed by atoms with Crippen LogP contribution in [0.2, 0.25) is 5.02 Å². The van der Waals surface area contributed by atoms with Gasteiger partial charge < -0.3 is 10.1 Å². The van der Waals surface area contributed by atoms with Gasteiger partial charge in [0.15, 0.2) is 5.82 Å². The first kappa shape index (κ1) is 19.3. The summed E-state index contributed by atoms with van der Waals surface area (Å²) in [5.41, 5.74) is 1.29. The first-order valence-electron chi connectivity index (χ1n) is 7.74. The molecule has 0 saturated heterocycles. The number of nitrogens with zero attached hydrogens (tertiary/aromatic N) is 2. The summed E-state index contributed by atoms with van der Waals surface area (Å²) in [5.74, 6) is -0.0899. The molecule has 3 rings (SSSR count). The van der Waals surface area contributed by atoms with Gasteiger partial charge in [0, 0.05) is 16.8 Å². The number of alkyl halides is 2. The molecule has 0 unspecified atom stereocenters. The molecule has 140 valence electrons. The van der Waals surface area contributed by atoms with Crippen LogP contribution in [-0.2, 0) is 6.54 Å². The van der Waals surface area contributed by atoms with Crippen molar-refractivity contribution >= 4 is 39.3 Å². The summed E-state index contributed by atoms with van der Waals surface area (Å²) in [6.07, 6.45) is 1.74. The van der Waals surface area contributed by atoms with Gasteiger partial charge in [-0.05, 0) is 57.9 Å². The number of halogens is 4. The van der Waals surface area contributed by atoms with Crippen molar-refractivity contribution in [3.05, 3.63) is 75.4 Å². The summed E-state index contributed by atoms with van der Waals surface area (Å²) in [5, 5.41) is 7.66. The molecule has 0 aliphatic heterocycles. The molecule has 0 radical (unpaired) electrons. The van der Waals surface area contributed by atoms with Gasteiger partial charge in [-0.25, -0.2) is 0 Å². The summed E-state index contributed by atoms with van der Waals surface area (Å²) in [6.45, 7) is -2.41. The second-order valence-corrected chi connectivity index (χ2v) is 6.80. The molecule has 0 aliphatic carbocycles. The lowest BCUT2D eigenvalue weighted by Gasteiger charge is -2.06. The number of rotatable bonds is 6. The fraction of sp³-hybridized carbons (Fsp3) is 0.111. The van der Waals surface area contributed by atoms with Crippen molar-refractivity contribution in [2.45, 2.75) is 13.2 Å². The van der Waals surface area contributed by atoms with Gasteiger partial charge in [-0.3, -0.25) is 9.48 Å². The Bertz CT molecular complexity index is 931. The van der Waals surface area contributed by atoms with Crippen LogP contribution in [0, 0.1) is 0 Å². The van der Waals surface area contributed by atoms with Gasteiger partial charge in [-0.1, -0.05) is 23.7 Å². The number of hydrogen-bond donors (Lipinski definition) is 1. The third kappa shape index (κ3) is 5.27. The Morgan fingerprint density at radius 3 is 2.48 bits per heavy atom. The molecule has 1 amide bonds. The number of nitrogens with one attached hydrogen (secondary N) is 1. The number of amides is 1. The molecule has 1 aromatic heterocycles. The van der Waals surface area contributed by atoms with E-state index in [1.807, 2.05) is 12.1 Å². The van der Waals surface area contributed by atoms with Crippen LogP contribution in [0.25, 0.3) is 0 Å². The highest BCUT2D eigenvalue weighted by molar-refractivity contribution is 9.10. The van der Waals surface area contributed by atoms with E-state index >= 15 is 0 Å². The number of anilines is 1. The Balaban J connectivity index is 1.67. The Morgan fingerprint density at radius 1 is 1.19 bits per heavy atom. The number of benzene rings is 2. The highest BCUT2D eigenvalue weighted by Crippen LogP contribution is 2.22. The Hall–Kier alpha value is -2.45. The van der Waals surface area contributed by atoms with Crippen LogP contribution in [0.4, 0.5) is 14.6 Å². The summed E-state index contributed by atoms with van der Waals surface area (Å²) in [4.78, 5) is 12.3. The Morgan fingerprint density at radius 2 is 1.85 bits per heavy atom. The molecule has 0 fully saturated rings. The van der Waals surface area contributed by atoms with E-state index in [4.69, 9.17) is 11.6 Å². The average molecular weight is 457 g/mol. The summed E-state index contributed by atoms with van der Waals surface area (Å²) >= 11 is 9.23. The van der Waals surface area contributed by atoms with Crippen molar-refractivity contribution < 1.29 is 18.3 Å². The predicted molar refractivity (Wildman–Crippen MR) is 102 cm³/mol. The van der Waals surface area contributed by atoms with Crippen LogP contribution in [0.15, 0.2) is 59.2 Å². The topological polar surface area (TPSA) is 56.2 Å². The lowest BCUT2D eigenvalue weighted by molar-refractivity contribution is -0.0498. The van der Waals surface area contributed by atoms with Crippen LogP contribution in [-0.4, -0.2) is 22.3 Å². The molecule has 1 N–H and O–H groups in total. The molecule has 1 heterocycles. The van der Waals surface area contributed by atoms with E-state index in [9.17, 15) is 13.6 Å². The molecular weight excluding hydrogens is 444 g/mol. The molecule has 0 atom stereocenters. The lowest BCUT2D eigenvalue weighted by atomic mass is 10.2. The zero-order chi connectivity index (χ0) is 19.4. The maximum absolute atomic E-state index is 12.3. The smallest absolute Gasteiger partial charge is 0.387 e. The number of ether oxygens (including phenoxy) is 1. The molecule has 2 aromatic carbocycles. The summed E-state index contributed by atoms with van der Waals surface area (Å²) < 4.78 is 30.9. The first-order valence-corrected chi connectivity index (χ1v) is 8.91. The van der Waals surface area contributed by atoms with E-state index in [0.717, 1.165) is 5.56 Å². The minimum atomic E-state index is -2.91. The Labute approximate surface area is 167 Å². The van der Waals surface area contributed by atoms with Gasteiger partial charge in [-0.15, -0.1) is 0 Å². The van der Waals surface area contributed by atoms with Crippen LogP contribution in [0.1, 0.15) is 15.9 Å². The van der Waals surface area contributed by atoms with E-state index in [1.54, 1.807) is 23.0 Å². The minimum Gasteiger partial charge on any atom is -0.435 e. The maximum Gasteiger partial charge on any atom is 0.387 e. The quantitative estimate of drug-likeness (QED) is 0.555. The molecule has 0 bridgehead atoms. The van der Waals surface area contributed by atoms with Crippen LogP contribution >= 0.6 is 27.5 Å². The van der Waals surface area contributed by atoms with Crippen LogP contribution in [0.3, 0.4) is 0 Å². The first-order chi connectivity index (χ1) is 12.9. The standard InChI is InChI=1S/C18H13BrClF2N3O2/c19-15-10-25(9-11-1-5-13(20)6-2-11)24-16(15)23-17(26)12-3-7-14(8-4-12)27-18(21)22/h1-8,10,18H,9H2,(H,23,24,26). The molecule has 9 heteroatoms. The van der Waals surface area contributed by atoms with Gasteiger partial charge in [0.1, 0.15) is 5.75 Å². The normalized spacial score (nSPS) is 10.9. The van der Waals surface area contributed by atoms with E-state index in [-0.39, 0.29) is 11.3 Å². The second-order valence-electron chi connectivity index (χ2n) is 5.51. The predicted octanol–water partition coefficient (Wildman–Crippen LogP) is 5.20. The van der Waals surface area contributed by atoms with Crippen molar-refractivity contribution in [3.8, 4) is 5.75 Å². The van der Waals surface area contributed by atoms with Gasteiger partial charge in [0.25, 0.3) is 5.91 Å². The zero-order valence-corrected chi connectivity index (χ0v) is 16.0. The molecule has 0 aliphatic rings. The summed E-state index contributed by atoms with van der Waals surface area (Å²) in [6, 6.07) is 12.7. The van der Waals surface area contributed by atoms with Crippen molar-refractivity contribution in [1.29, 1.82) is 0 Å². The molecule has 0 spiro atoms. The van der Waals surface area contributed by atoms with Gasteiger partial charge in [0.2, 0.25) is 0 Å². The largest absolute Gasteiger partial charge is 0.435 e. The third-order valence-electron chi connectivity index (χ3n) is 3.55. The highest BCUT2D eigenvalue weighted by atomic mass is 79.9. The fourth-order valence-electron chi connectivity index (χ4n) is 2.31. The van der Waals surface area contributed by atoms with Crippen molar-refractivity contribution in [2.24, 2.45) is 0 Å². The lowest BCUT2D eigenvalue weighted by Crippen LogP contribution is -2.13. The van der Waals surface area contributed by atoms with Crippen molar-refractivity contribution in [1.82, 2.24) is 9.78 Å². The third-order valence-corrected chi connectivity index (χ3v) is 4.38. The highest BCUT2D eigenvalue weighted by Gasteiger charge is 2.13. The van der Waals surface area contributed by atoms with E-state index in [2.05, 4.69) is 31.1 Å². The fourth-order valence-corrected chi connectivity index (χ4v) is 2.85. The monoisotopic (exact) mass is 455 g/mol. The molecule has 5 nitrogen and oxygen atoms in total. The molecule has 3 aromatic rings. The van der Waals surface area contributed by atoms with Crippen LogP contribution in [0.5, 0.6) is 5.75 Å². The summed E-state index contributed by atoms with van der Waals surface area (Å²) in [7, 11) is 0. The number of carbonyl (C=O) groups is 1. The molecule has 0 saturated carbocycles. The van der Waals surface area contributed by atoms with Gasteiger partial charge in [-0.2, -0.15) is 13.9 Å². The Kier molecular flexibility index (Phi) is 6.08. The zero-order valence-electron chi connectivity index (χ0n) is 13.7. The minimum absolute atomic E-state index is 0.0185. The molecular formula is C18H13BrClF2N3O2.